The number of carbonyl (C=O) groups excluding carboxylic acids is 2. The average Bonchev–Trinajstić information content (AvgIpc) is 3.28. The van der Waals surface area contributed by atoms with E-state index in [1.54, 1.807) is 6.20 Å². The van der Waals surface area contributed by atoms with Gasteiger partial charge in [-0.2, -0.15) is 0 Å². The third kappa shape index (κ3) is 5.75. The van der Waals surface area contributed by atoms with Crippen LogP contribution in [0.4, 0.5) is 0 Å². The molecule has 1 aliphatic heterocycles. The van der Waals surface area contributed by atoms with Crippen LogP contribution in [0.25, 0.3) is 11.3 Å². The van der Waals surface area contributed by atoms with Gasteiger partial charge in [0.25, 0.3) is 0 Å². The van der Waals surface area contributed by atoms with Crippen LogP contribution in [0.5, 0.6) is 0 Å². The summed E-state index contributed by atoms with van der Waals surface area (Å²) >= 11 is 0. The Morgan fingerprint density at radius 3 is 2.65 bits per heavy atom. The number of likely N-dealkylation sites (tertiary alicyclic amines) is 1. The monoisotopic (exact) mass is 423 g/mol. The van der Waals surface area contributed by atoms with Crippen LogP contribution in [0.3, 0.4) is 0 Å². The van der Waals surface area contributed by atoms with Gasteiger partial charge in [0.15, 0.2) is 11.7 Å². The molecular formula is C25H33N3O3. The molecule has 2 amide bonds. The van der Waals surface area contributed by atoms with Crippen LogP contribution in [-0.2, 0) is 16.0 Å². The van der Waals surface area contributed by atoms with E-state index in [4.69, 9.17) is 4.42 Å². The molecule has 2 heterocycles. The minimum absolute atomic E-state index is 0.0743. The molecule has 1 aliphatic carbocycles. The fourth-order valence-electron chi connectivity index (χ4n) is 4.63. The lowest BCUT2D eigenvalue weighted by atomic mass is 9.93. The van der Waals surface area contributed by atoms with Crippen LogP contribution in [-0.4, -0.2) is 40.8 Å². The molecule has 166 valence electrons. The number of aromatic nitrogens is 1. The first-order chi connectivity index (χ1) is 15.1. The number of benzene rings is 1. The Morgan fingerprint density at radius 1 is 1.10 bits per heavy atom. The summed E-state index contributed by atoms with van der Waals surface area (Å²) in [4.78, 5) is 31.7. The van der Waals surface area contributed by atoms with Gasteiger partial charge < -0.3 is 14.6 Å². The molecule has 1 atom stereocenters. The molecule has 0 spiro atoms. The van der Waals surface area contributed by atoms with Crippen molar-refractivity contribution in [2.45, 2.75) is 70.8 Å². The smallest absolute Gasteiger partial charge is 0.225 e. The number of nitrogens with zero attached hydrogens (tertiary/aromatic N) is 2. The van der Waals surface area contributed by atoms with Gasteiger partial charge in [-0.3, -0.25) is 9.59 Å². The van der Waals surface area contributed by atoms with Gasteiger partial charge in [0, 0.05) is 37.5 Å². The van der Waals surface area contributed by atoms with Gasteiger partial charge >= 0.3 is 0 Å². The van der Waals surface area contributed by atoms with Crippen molar-refractivity contribution in [2.75, 3.05) is 13.1 Å². The summed E-state index contributed by atoms with van der Waals surface area (Å²) in [6, 6.07) is 8.42. The van der Waals surface area contributed by atoms with Crippen molar-refractivity contribution in [3.63, 3.8) is 0 Å². The van der Waals surface area contributed by atoms with Crippen molar-refractivity contribution in [3.8, 4) is 11.3 Å². The summed E-state index contributed by atoms with van der Waals surface area (Å²) in [7, 11) is 0. The lowest BCUT2D eigenvalue weighted by Gasteiger charge is -2.33. The molecule has 0 bridgehead atoms. The van der Waals surface area contributed by atoms with Crippen molar-refractivity contribution >= 4 is 11.8 Å². The lowest BCUT2D eigenvalue weighted by Crippen LogP contribution is -2.48. The zero-order valence-corrected chi connectivity index (χ0v) is 18.4. The van der Waals surface area contributed by atoms with E-state index in [-0.39, 0.29) is 17.7 Å². The zero-order chi connectivity index (χ0) is 21.6. The maximum absolute atomic E-state index is 12.8. The van der Waals surface area contributed by atoms with Crippen molar-refractivity contribution in [3.05, 3.63) is 41.9 Å². The highest BCUT2D eigenvalue weighted by atomic mass is 16.4. The highest BCUT2D eigenvalue weighted by Crippen LogP contribution is 2.23. The Bertz CT molecular complexity index is 884. The topological polar surface area (TPSA) is 75.4 Å². The zero-order valence-electron chi connectivity index (χ0n) is 18.4. The van der Waals surface area contributed by atoms with Crippen molar-refractivity contribution in [1.82, 2.24) is 15.2 Å². The first-order valence-corrected chi connectivity index (χ1v) is 11.7. The highest BCUT2D eigenvalue weighted by molar-refractivity contribution is 5.81. The Balaban J connectivity index is 1.26. The van der Waals surface area contributed by atoms with Crippen LogP contribution in [0, 0.1) is 12.8 Å². The molecule has 4 rings (SSSR count). The van der Waals surface area contributed by atoms with Gasteiger partial charge in [0.2, 0.25) is 11.8 Å². The Kier molecular flexibility index (Phi) is 7.05. The second-order valence-corrected chi connectivity index (χ2v) is 9.01. The van der Waals surface area contributed by atoms with Crippen molar-refractivity contribution in [2.24, 2.45) is 5.92 Å². The number of carbonyl (C=O) groups is 2. The first-order valence-electron chi connectivity index (χ1n) is 11.7. The van der Waals surface area contributed by atoms with Crippen LogP contribution in [0.15, 0.2) is 34.9 Å². The van der Waals surface area contributed by atoms with Crippen LogP contribution in [0.2, 0.25) is 0 Å². The van der Waals surface area contributed by atoms with Gasteiger partial charge in [0.05, 0.1) is 12.1 Å². The highest BCUT2D eigenvalue weighted by Gasteiger charge is 2.29. The molecule has 1 aromatic carbocycles. The number of rotatable bonds is 6. The normalized spacial score (nSPS) is 19.9. The predicted molar refractivity (Wildman–Crippen MR) is 119 cm³/mol. The molecule has 1 saturated heterocycles. The number of piperidine rings is 1. The van der Waals surface area contributed by atoms with Gasteiger partial charge in [0.1, 0.15) is 0 Å². The quantitative estimate of drug-likeness (QED) is 0.753. The molecule has 6 nitrogen and oxygen atoms in total. The van der Waals surface area contributed by atoms with Gasteiger partial charge in [-0.25, -0.2) is 4.98 Å². The van der Waals surface area contributed by atoms with Crippen LogP contribution in [0.1, 0.15) is 62.8 Å². The lowest BCUT2D eigenvalue weighted by molar-refractivity contribution is -0.136. The summed E-state index contributed by atoms with van der Waals surface area (Å²) in [5.41, 5.74) is 2.18. The Morgan fingerprint density at radius 2 is 1.87 bits per heavy atom. The molecular weight excluding hydrogens is 390 g/mol. The molecule has 1 N–H and O–H groups in total. The van der Waals surface area contributed by atoms with E-state index in [1.165, 1.54) is 24.8 Å². The predicted octanol–water partition coefficient (Wildman–Crippen LogP) is 4.27. The fourth-order valence-corrected chi connectivity index (χ4v) is 4.63. The maximum Gasteiger partial charge on any atom is 0.225 e. The van der Waals surface area contributed by atoms with E-state index in [9.17, 15) is 9.59 Å². The third-order valence-corrected chi connectivity index (χ3v) is 6.54. The Labute approximate surface area is 184 Å². The summed E-state index contributed by atoms with van der Waals surface area (Å²) in [6.07, 6.45) is 10.1. The second-order valence-electron chi connectivity index (χ2n) is 9.01. The standard InChI is InChI=1S/C25H33N3O3/c1-18-9-11-19(12-10-18)22-16-26-23(31-22)13-14-24(29)28-15-5-6-20(17-28)25(30)27-21-7-3-2-4-8-21/h9-12,16,20-21H,2-8,13-15,17H2,1H3,(H,27,30). The summed E-state index contributed by atoms with van der Waals surface area (Å²) in [5.74, 6) is 1.41. The van der Waals surface area contributed by atoms with Crippen molar-refractivity contribution < 1.29 is 14.0 Å². The molecule has 1 saturated carbocycles. The SMILES string of the molecule is Cc1ccc(-c2cnc(CCC(=O)N3CCCC(C(=O)NC4CCCCC4)C3)o2)cc1. The molecule has 6 heteroatoms. The first kappa shape index (κ1) is 21.6. The van der Waals surface area contributed by atoms with E-state index in [1.807, 2.05) is 36.1 Å². The van der Waals surface area contributed by atoms with E-state index >= 15 is 0 Å². The van der Waals surface area contributed by atoms with Gasteiger partial charge in [-0.1, -0.05) is 49.1 Å². The largest absolute Gasteiger partial charge is 0.441 e. The number of amides is 2. The molecule has 0 radical (unpaired) electrons. The summed E-state index contributed by atoms with van der Waals surface area (Å²) < 4.78 is 5.85. The minimum Gasteiger partial charge on any atom is -0.441 e. The number of hydrogen-bond acceptors (Lipinski definition) is 4. The Hall–Kier alpha value is -2.63. The summed E-state index contributed by atoms with van der Waals surface area (Å²) in [6.45, 7) is 3.30. The number of nitrogens with one attached hydrogen (secondary N) is 1. The number of oxazole rings is 1. The third-order valence-electron chi connectivity index (χ3n) is 6.54. The molecule has 1 aromatic heterocycles. The number of hydrogen-bond donors (Lipinski definition) is 1. The molecule has 31 heavy (non-hydrogen) atoms. The van der Waals surface area contributed by atoms with Crippen molar-refractivity contribution in [1.29, 1.82) is 0 Å². The summed E-state index contributed by atoms with van der Waals surface area (Å²) in [5, 5.41) is 3.23. The fraction of sp³-hybridized carbons (Fsp3) is 0.560. The number of aryl methyl sites for hydroxylation is 2. The minimum atomic E-state index is -0.0884. The molecule has 2 fully saturated rings. The second kappa shape index (κ2) is 10.1. The molecule has 2 aromatic rings. The van der Waals surface area contributed by atoms with Crippen LogP contribution >= 0.6 is 0 Å². The average molecular weight is 424 g/mol. The van der Waals surface area contributed by atoms with E-state index < -0.39 is 0 Å². The van der Waals surface area contributed by atoms with Gasteiger partial charge in [-0.05, 0) is 32.6 Å². The maximum atomic E-state index is 12.8. The molecule has 1 unspecified atom stereocenters. The van der Waals surface area contributed by atoms with E-state index in [0.717, 1.165) is 43.6 Å². The van der Waals surface area contributed by atoms with Crippen LogP contribution < -0.4 is 5.32 Å². The molecule has 2 aliphatic rings. The van der Waals surface area contributed by atoms with E-state index in [2.05, 4.69) is 10.3 Å². The van der Waals surface area contributed by atoms with E-state index in [0.29, 0.717) is 31.3 Å². The van der Waals surface area contributed by atoms with Gasteiger partial charge in [-0.15, -0.1) is 0 Å².